The second-order valence-corrected chi connectivity index (χ2v) is 11.7. The van der Waals surface area contributed by atoms with Crippen molar-refractivity contribution in [2.75, 3.05) is 13.7 Å². The molecule has 2 aliphatic heterocycles. The van der Waals surface area contributed by atoms with Crippen molar-refractivity contribution < 1.29 is 37.1 Å². The van der Waals surface area contributed by atoms with Gasteiger partial charge in [0, 0.05) is 18.5 Å². The van der Waals surface area contributed by atoms with Crippen molar-refractivity contribution >= 4 is 33.8 Å². The van der Waals surface area contributed by atoms with Gasteiger partial charge in [-0.15, -0.1) is 0 Å². The first-order valence-electron chi connectivity index (χ1n) is 13.0. The number of fused-ring (bicyclic) bond motifs is 2. The summed E-state index contributed by atoms with van der Waals surface area (Å²) in [6.45, 7) is 0.280. The Bertz CT molecular complexity index is 1270. The van der Waals surface area contributed by atoms with Crippen LogP contribution in [0, 0.1) is 5.92 Å². The number of benzene rings is 1. The molecule has 1 aromatic carbocycles. The number of primary amides is 1. The molecule has 13 heteroatoms. The topological polar surface area (TPSA) is 174 Å². The monoisotopic (exact) mass is 562 g/mol. The number of nitrogens with one attached hydrogen (secondary N) is 2. The predicted octanol–water partition coefficient (Wildman–Crippen LogP) is 1.35. The second-order valence-electron chi connectivity index (χ2n) is 10.1. The fraction of sp³-hybridized carbons (Fsp3) is 0.538. The van der Waals surface area contributed by atoms with E-state index in [0.717, 1.165) is 12.8 Å². The number of methoxy groups -OCH3 is 1. The van der Waals surface area contributed by atoms with Gasteiger partial charge in [0.1, 0.15) is 17.3 Å². The van der Waals surface area contributed by atoms with Crippen molar-refractivity contribution in [2.45, 2.75) is 73.9 Å². The van der Waals surface area contributed by atoms with Gasteiger partial charge in [-0.05, 0) is 57.1 Å². The third-order valence-corrected chi connectivity index (χ3v) is 8.75. The largest absolute Gasteiger partial charge is 0.497 e. The van der Waals surface area contributed by atoms with E-state index in [1.807, 2.05) is 12.2 Å². The van der Waals surface area contributed by atoms with Gasteiger partial charge in [-0.25, -0.2) is 17.9 Å². The van der Waals surface area contributed by atoms with Crippen molar-refractivity contribution in [1.29, 1.82) is 0 Å². The fourth-order valence-corrected chi connectivity index (χ4v) is 6.29. The molecule has 1 saturated heterocycles. The molecule has 1 saturated carbocycles. The van der Waals surface area contributed by atoms with Gasteiger partial charge in [-0.1, -0.05) is 24.6 Å². The van der Waals surface area contributed by atoms with Crippen molar-refractivity contribution in [3.63, 3.8) is 0 Å². The third-order valence-electron chi connectivity index (χ3n) is 7.42. The molecular weight excluding hydrogens is 528 g/mol. The van der Waals surface area contributed by atoms with Crippen LogP contribution in [0.1, 0.15) is 51.4 Å². The zero-order chi connectivity index (χ0) is 28.2. The van der Waals surface area contributed by atoms with Crippen LogP contribution >= 0.6 is 0 Å². The summed E-state index contributed by atoms with van der Waals surface area (Å²) < 4.78 is 38.3. The molecule has 0 radical (unpaired) electrons. The van der Waals surface area contributed by atoms with Gasteiger partial charge in [-0.2, -0.15) is 0 Å². The van der Waals surface area contributed by atoms with E-state index < -0.39 is 57.4 Å². The maximum absolute atomic E-state index is 13.5. The molecule has 4 rings (SSSR count). The molecule has 4 N–H and O–H groups in total. The molecule has 212 valence electrons. The highest BCUT2D eigenvalue weighted by Crippen LogP contribution is 2.45. The highest BCUT2D eigenvalue weighted by atomic mass is 32.2. The van der Waals surface area contributed by atoms with E-state index in [-0.39, 0.29) is 24.3 Å². The first-order valence-corrected chi connectivity index (χ1v) is 14.5. The average molecular weight is 563 g/mol. The molecule has 4 atom stereocenters. The molecule has 1 aliphatic carbocycles. The minimum atomic E-state index is -4.26. The van der Waals surface area contributed by atoms with Crippen LogP contribution in [0.3, 0.4) is 0 Å². The van der Waals surface area contributed by atoms with Crippen LogP contribution in [0.15, 0.2) is 41.3 Å². The number of allylic oxidation sites excluding steroid dienone is 1. The summed E-state index contributed by atoms with van der Waals surface area (Å²) >= 11 is 0. The average Bonchev–Trinajstić information content (AvgIpc) is 3.36. The minimum Gasteiger partial charge on any atom is -0.497 e. The zero-order valence-electron chi connectivity index (χ0n) is 21.8. The predicted molar refractivity (Wildman–Crippen MR) is 139 cm³/mol. The lowest BCUT2D eigenvalue weighted by molar-refractivity contribution is -0.146. The molecular formula is C26H34N4O8S. The van der Waals surface area contributed by atoms with Gasteiger partial charge in [0.25, 0.3) is 21.8 Å². The summed E-state index contributed by atoms with van der Waals surface area (Å²) in [6.07, 6.45) is 5.83. The highest BCUT2D eigenvalue weighted by molar-refractivity contribution is 7.90. The van der Waals surface area contributed by atoms with Gasteiger partial charge in [0.15, 0.2) is 6.10 Å². The third kappa shape index (κ3) is 6.35. The quantitative estimate of drug-likeness (QED) is 0.451. The molecule has 0 aromatic heterocycles. The smallest absolute Gasteiger partial charge is 0.405 e. The molecule has 12 nitrogen and oxygen atoms in total. The summed E-state index contributed by atoms with van der Waals surface area (Å²) in [4.78, 5) is 52.8. The number of sulfonamides is 1. The van der Waals surface area contributed by atoms with Gasteiger partial charge < -0.3 is 25.4 Å². The van der Waals surface area contributed by atoms with Crippen LogP contribution in [-0.2, 0) is 29.1 Å². The summed E-state index contributed by atoms with van der Waals surface area (Å²) in [6, 6.07) is 4.80. The summed E-state index contributed by atoms with van der Waals surface area (Å²) in [7, 11) is -2.86. The Hall–Kier alpha value is -3.61. The Morgan fingerprint density at radius 2 is 1.95 bits per heavy atom. The van der Waals surface area contributed by atoms with Crippen molar-refractivity contribution in [2.24, 2.45) is 11.7 Å². The lowest BCUT2D eigenvalue weighted by atomic mass is 10.1. The van der Waals surface area contributed by atoms with E-state index >= 15 is 0 Å². The van der Waals surface area contributed by atoms with Crippen LogP contribution in [0.4, 0.5) is 4.79 Å². The molecule has 2 heterocycles. The lowest BCUT2D eigenvalue weighted by Gasteiger charge is -2.29. The molecule has 39 heavy (non-hydrogen) atoms. The Morgan fingerprint density at radius 3 is 2.69 bits per heavy atom. The van der Waals surface area contributed by atoms with E-state index in [4.69, 9.17) is 15.2 Å². The number of ether oxygens (including phenoxy) is 2. The van der Waals surface area contributed by atoms with Gasteiger partial charge in [0.05, 0.1) is 12.0 Å². The van der Waals surface area contributed by atoms with E-state index in [2.05, 4.69) is 10.0 Å². The van der Waals surface area contributed by atoms with Crippen LogP contribution in [-0.4, -0.2) is 68.5 Å². The van der Waals surface area contributed by atoms with Gasteiger partial charge in [-0.3, -0.25) is 14.4 Å². The van der Waals surface area contributed by atoms with Gasteiger partial charge in [0.2, 0.25) is 5.91 Å². The number of carbonyl (C=O) groups excluding carboxylic acids is 4. The van der Waals surface area contributed by atoms with Crippen LogP contribution in [0.25, 0.3) is 0 Å². The normalized spacial score (nSPS) is 28.5. The number of amides is 4. The molecule has 0 bridgehead atoms. The molecule has 1 aromatic rings. The Morgan fingerprint density at radius 1 is 1.15 bits per heavy atom. The van der Waals surface area contributed by atoms with E-state index in [1.165, 1.54) is 30.2 Å². The Labute approximate surface area is 227 Å². The summed E-state index contributed by atoms with van der Waals surface area (Å²) in [5.41, 5.74) is 3.71. The van der Waals surface area contributed by atoms with Gasteiger partial charge >= 0.3 is 6.09 Å². The minimum absolute atomic E-state index is 0.157. The SMILES string of the molecule is COc1cccc(S(=O)(=O)NC(=O)C23CC2/C=C/CCCCCC(OC(N)=O)C(=O)N2CCCC2C(=O)N3)c1. The van der Waals surface area contributed by atoms with Crippen molar-refractivity contribution in [1.82, 2.24) is 14.9 Å². The number of carbonyl (C=O) groups is 4. The standard InChI is InChI=1S/C26H34N4O8S/c1-37-18-10-7-11-19(15-18)39(35,36)29-24(33)26-16-17(26)9-5-3-2-4-6-13-21(38-25(27)34)23(32)30-14-8-12-20(30)22(31)28-26/h5,7,9-11,15,17,20-21H,2-4,6,8,12-14,16H2,1H3,(H2,27,34)(H,28,31)(H,29,33)/b9-5+. The van der Waals surface area contributed by atoms with E-state index in [0.29, 0.717) is 31.4 Å². The highest BCUT2D eigenvalue weighted by Gasteiger charge is 2.61. The molecule has 0 spiro atoms. The first-order chi connectivity index (χ1) is 18.6. The first kappa shape index (κ1) is 28.4. The maximum Gasteiger partial charge on any atom is 0.405 e. The molecule has 2 fully saturated rings. The summed E-state index contributed by atoms with van der Waals surface area (Å²) in [5, 5.41) is 2.76. The summed E-state index contributed by atoms with van der Waals surface area (Å²) in [5.74, 6) is -2.04. The number of nitrogens with zero attached hydrogens (tertiary/aromatic N) is 1. The number of nitrogens with two attached hydrogens (primary N) is 1. The Kier molecular flexibility index (Phi) is 8.48. The molecule has 3 aliphatic rings. The number of hydrogen-bond acceptors (Lipinski definition) is 8. The van der Waals surface area contributed by atoms with Crippen molar-refractivity contribution in [3.05, 3.63) is 36.4 Å². The fourth-order valence-electron chi connectivity index (χ4n) is 5.22. The van der Waals surface area contributed by atoms with Crippen LogP contribution in [0.2, 0.25) is 0 Å². The lowest BCUT2D eigenvalue weighted by Crippen LogP contribution is -2.57. The van der Waals surface area contributed by atoms with Crippen molar-refractivity contribution in [3.8, 4) is 5.75 Å². The van der Waals surface area contributed by atoms with E-state index in [1.54, 1.807) is 6.07 Å². The van der Waals surface area contributed by atoms with E-state index in [9.17, 15) is 27.6 Å². The molecule has 4 unspecified atom stereocenters. The maximum atomic E-state index is 13.5. The van der Waals surface area contributed by atoms with Crippen LogP contribution in [0.5, 0.6) is 5.75 Å². The Balaban J connectivity index is 1.59. The number of rotatable bonds is 5. The molecule has 4 amide bonds. The second kappa shape index (κ2) is 11.6. The number of hydrogen-bond donors (Lipinski definition) is 3. The zero-order valence-corrected chi connectivity index (χ0v) is 22.6. The van der Waals surface area contributed by atoms with Crippen LogP contribution < -0.4 is 20.5 Å².